The third-order valence-corrected chi connectivity index (χ3v) is 3.50. The summed E-state index contributed by atoms with van der Waals surface area (Å²) >= 11 is 0. The van der Waals surface area contributed by atoms with Gasteiger partial charge in [-0.05, 0) is 25.1 Å². The van der Waals surface area contributed by atoms with Crippen LogP contribution in [0, 0.1) is 0 Å². The summed E-state index contributed by atoms with van der Waals surface area (Å²) in [4.78, 5) is 13.0. The topological polar surface area (TPSA) is 119 Å². The number of likely N-dealkylation sites (N-methyl/N-ethyl adjacent to an activating group) is 1. The SMILES string of the molecule is CC(Nc1ccc(S(N)(=O)=O)c(N)c1)C(=O)N(C)C. The molecule has 0 aliphatic carbocycles. The highest BCUT2D eigenvalue weighted by atomic mass is 32.2. The van der Waals surface area contributed by atoms with E-state index in [1.54, 1.807) is 21.0 Å². The molecule has 1 atom stereocenters. The summed E-state index contributed by atoms with van der Waals surface area (Å²) in [5.74, 6) is -0.103. The lowest BCUT2D eigenvalue weighted by Gasteiger charge is -2.19. The number of benzene rings is 1. The fourth-order valence-corrected chi connectivity index (χ4v) is 2.24. The fraction of sp³-hybridized carbons (Fsp3) is 0.364. The monoisotopic (exact) mass is 286 g/mol. The maximum Gasteiger partial charge on any atom is 0.244 e. The molecule has 0 saturated carbocycles. The van der Waals surface area contributed by atoms with E-state index in [9.17, 15) is 13.2 Å². The minimum atomic E-state index is -3.84. The maximum atomic E-state index is 11.7. The standard InChI is InChI=1S/C11H18N4O3S/c1-7(11(16)15(2)3)14-8-4-5-10(9(12)6-8)19(13,17)18/h4-7,14H,12H2,1-3H3,(H2,13,17,18). The molecule has 1 aromatic carbocycles. The normalized spacial score (nSPS) is 12.8. The van der Waals surface area contributed by atoms with Crippen LogP contribution in [-0.2, 0) is 14.8 Å². The van der Waals surface area contributed by atoms with Crippen LogP contribution in [-0.4, -0.2) is 39.4 Å². The molecule has 0 spiro atoms. The highest BCUT2D eigenvalue weighted by Gasteiger charge is 2.16. The number of nitrogens with zero attached hydrogens (tertiary/aromatic N) is 1. The van der Waals surface area contributed by atoms with Gasteiger partial charge in [0.05, 0.1) is 5.69 Å². The molecule has 0 saturated heterocycles. The van der Waals surface area contributed by atoms with Crippen molar-refractivity contribution in [2.24, 2.45) is 5.14 Å². The van der Waals surface area contributed by atoms with Crippen LogP contribution in [0.2, 0.25) is 0 Å². The van der Waals surface area contributed by atoms with Gasteiger partial charge in [-0.25, -0.2) is 13.6 Å². The average Bonchev–Trinajstić information content (AvgIpc) is 2.25. The van der Waals surface area contributed by atoms with Crippen molar-refractivity contribution >= 4 is 27.3 Å². The van der Waals surface area contributed by atoms with Gasteiger partial charge in [0.15, 0.2) is 0 Å². The minimum Gasteiger partial charge on any atom is -0.398 e. The lowest BCUT2D eigenvalue weighted by atomic mass is 10.2. The molecule has 0 heterocycles. The van der Waals surface area contributed by atoms with Crippen LogP contribution >= 0.6 is 0 Å². The summed E-state index contributed by atoms with van der Waals surface area (Å²) < 4.78 is 22.4. The Morgan fingerprint density at radius 2 is 1.95 bits per heavy atom. The van der Waals surface area contributed by atoms with Gasteiger partial charge >= 0.3 is 0 Å². The first-order chi connectivity index (χ1) is 8.62. The molecule has 8 heteroatoms. The average molecular weight is 286 g/mol. The lowest BCUT2D eigenvalue weighted by molar-refractivity contribution is -0.129. The van der Waals surface area contributed by atoms with E-state index in [0.717, 1.165) is 0 Å². The van der Waals surface area contributed by atoms with Crippen molar-refractivity contribution in [3.05, 3.63) is 18.2 Å². The number of carbonyl (C=O) groups excluding carboxylic acids is 1. The third-order valence-electron chi connectivity index (χ3n) is 2.51. The smallest absolute Gasteiger partial charge is 0.244 e. The van der Waals surface area contributed by atoms with Gasteiger partial charge in [0.25, 0.3) is 0 Å². The van der Waals surface area contributed by atoms with Gasteiger partial charge in [-0.2, -0.15) is 0 Å². The van der Waals surface area contributed by atoms with E-state index in [1.165, 1.54) is 23.1 Å². The van der Waals surface area contributed by atoms with Crippen LogP contribution in [0.25, 0.3) is 0 Å². The number of amides is 1. The van der Waals surface area contributed by atoms with Crippen molar-refractivity contribution in [1.82, 2.24) is 4.90 Å². The molecule has 0 aromatic heterocycles. The van der Waals surface area contributed by atoms with Crippen LogP contribution in [0.3, 0.4) is 0 Å². The number of nitrogen functional groups attached to an aromatic ring is 1. The van der Waals surface area contributed by atoms with Gasteiger partial charge in [0, 0.05) is 19.8 Å². The molecule has 1 aromatic rings. The van der Waals surface area contributed by atoms with Gasteiger partial charge in [0.1, 0.15) is 10.9 Å². The molecule has 1 unspecified atom stereocenters. The number of nitrogens with two attached hydrogens (primary N) is 2. The van der Waals surface area contributed by atoms with Crippen LogP contribution in [0.5, 0.6) is 0 Å². The highest BCUT2D eigenvalue weighted by molar-refractivity contribution is 7.89. The molecule has 1 rings (SSSR count). The number of hydrogen-bond acceptors (Lipinski definition) is 5. The van der Waals surface area contributed by atoms with Crippen molar-refractivity contribution in [3.63, 3.8) is 0 Å². The van der Waals surface area contributed by atoms with Gasteiger partial charge in [-0.1, -0.05) is 0 Å². The van der Waals surface area contributed by atoms with Crippen LogP contribution < -0.4 is 16.2 Å². The molecule has 19 heavy (non-hydrogen) atoms. The van der Waals surface area contributed by atoms with E-state index >= 15 is 0 Å². The lowest BCUT2D eigenvalue weighted by Crippen LogP contribution is -2.36. The molecule has 0 fully saturated rings. The summed E-state index contributed by atoms with van der Waals surface area (Å²) in [6.07, 6.45) is 0. The summed E-state index contributed by atoms with van der Waals surface area (Å²) in [6, 6.07) is 3.80. The predicted molar refractivity (Wildman–Crippen MR) is 74.0 cm³/mol. The van der Waals surface area contributed by atoms with E-state index in [-0.39, 0.29) is 16.5 Å². The first-order valence-electron chi connectivity index (χ1n) is 5.53. The van der Waals surface area contributed by atoms with Gasteiger partial charge < -0.3 is 16.0 Å². The zero-order valence-corrected chi connectivity index (χ0v) is 11.9. The van der Waals surface area contributed by atoms with Gasteiger partial charge in [0.2, 0.25) is 15.9 Å². The Bertz CT molecular complexity index is 584. The molecule has 106 valence electrons. The zero-order chi connectivity index (χ0) is 14.8. The Kier molecular flexibility index (Phi) is 4.38. The first-order valence-corrected chi connectivity index (χ1v) is 7.07. The molecular weight excluding hydrogens is 268 g/mol. The number of rotatable bonds is 4. The number of sulfonamides is 1. The molecule has 7 nitrogen and oxygen atoms in total. The zero-order valence-electron chi connectivity index (χ0n) is 11.0. The van der Waals surface area contributed by atoms with Crippen molar-refractivity contribution in [3.8, 4) is 0 Å². The van der Waals surface area contributed by atoms with E-state index in [4.69, 9.17) is 10.9 Å². The third kappa shape index (κ3) is 3.83. The Balaban J connectivity index is 2.94. The number of primary sulfonamides is 1. The summed E-state index contributed by atoms with van der Waals surface area (Å²) in [7, 11) is -0.533. The Hall–Kier alpha value is -1.80. The quantitative estimate of drug-likeness (QED) is 0.663. The first kappa shape index (κ1) is 15.3. The van der Waals surface area contributed by atoms with Crippen molar-refractivity contribution < 1.29 is 13.2 Å². The second-order valence-corrected chi connectivity index (χ2v) is 5.93. The largest absolute Gasteiger partial charge is 0.398 e. The molecule has 0 aliphatic rings. The summed E-state index contributed by atoms with van der Waals surface area (Å²) in [5, 5.41) is 7.94. The van der Waals surface area contributed by atoms with Crippen molar-refractivity contribution in [2.75, 3.05) is 25.1 Å². The molecule has 1 amide bonds. The molecule has 0 bridgehead atoms. The van der Waals surface area contributed by atoms with E-state index in [1.807, 2.05) is 0 Å². The Morgan fingerprint density at radius 1 is 1.37 bits per heavy atom. The minimum absolute atomic E-state index is 0.0389. The summed E-state index contributed by atoms with van der Waals surface area (Å²) in [6.45, 7) is 1.70. The van der Waals surface area contributed by atoms with E-state index in [0.29, 0.717) is 5.69 Å². The number of nitrogens with one attached hydrogen (secondary N) is 1. The number of carbonyl (C=O) groups is 1. The molecule has 0 aliphatic heterocycles. The van der Waals surface area contributed by atoms with Crippen LogP contribution in [0.4, 0.5) is 11.4 Å². The predicted octanol–water partition coefficient (Wildman–Crippen LogP) is -0.195. The molecular formula is C11H18N4O3S. The number of anilines is 2. The molecule has 0 radical (unpaired) electrons. The second kappa shape index (κ2) is 5.45. The van der Waals surface area contributed by atoms with E-state index in [2.05, 4.69) is 5.32 Å². The molecule has 5 N–H and O–H groups in total. The summed E-state index contributed by atoms with van der Waals surface area (Å²) in [5.41, 5.74) is 6.21. The Labute approximate surface area is 112 Å². The number of hydrogen-bond donors (Lipinski definition) is 3. The Morgan fingerprint density at radius 3 is 2.37 bits per heavy atom. The van der Waals surface area contributed by atoms with Gasteiger partial charge in [-0.15, -0.1) is 0 Å². The maximum absolute atomic E-state index is 11.7. The van der Waals surface area contributed by atoms with Crippen LogP contribution in [0.1, 0.15) is 6.92 Å². The van der Waals surface area contributed by atoms with Gasteiger partial charge in [-0.3, -0.25) is 4.79 Å². The second-order valence-electron chi connectivity index (χ2n) is 4.40. The van der Waals surface area contributed by atoms with Crippen LogP contribution in [0.15, 0.2) is 23.1 Å². The van der Waals surface area contributed by atoms with Crippen molar-refractivity contribution in [1.29, 1.82) is 0 Å². The van der Waals surface area contributed by atoms with Crippen molar-refractivity contribution in [2.45, 2.75) is 17.9 Å². The fourth-order valence-electron chi connectivity index (χ4n) is 1.60. The van der Waals surface area contributed by atoms with E-state index < -0.39 is 16.1 Å². The highest BCUT2D eigenvalue weighted by Crippen LogP contribution is 2.21.